The summed E-state index contributed by atoms with van der Waals surface area (Å²) in [7, 11) is 0. The van der Waals surface area contributed by atoms with Gasteiger partial charge in [-0.1, -0.05) is 39.7 Å². The van der Waals surface area contributed by atoms with Crippen LogP contribution in [0.15, 0.2) is 61.2 Å². The molecule has 0 N–H and O–H groups in total. The normalized spacial score (nSPS) is 10.9. The molecule has 0 saturated carbocycles. The number of thiol groups is 1. The summed E-state index contributed by atoms with van der Waals surface area (Å²) in [6, 6.07) is 12.3. The minimum absolute atomic E-state index is 0.111. The van der Waals surface area contributed by atoms with E-state index in [1.807, 2.05) is 6.07 Å². The zero-order valence-corrected chi connectivity index (χ0v) is 13.3. The monoisotopic (exact) mass is 366 g/mol. The third-order valence-corrected chi connectivity index (χ3v) is 4.03. The predicted octanol–water partition coefficient (Wildman–Crippen LogP) is 5.16. The number of halogens is 2. The molecule has 0 aliphatic heterocycles. The molecular weight excluding hydrogens is 360 g/mol. The Kier molecular flexibility index (Phi) is 3.63. The highest BCUT2D eigenvalue weighted by Gasteiger charge is 2.14. The zero-order chi connectivity index (χ0) is 14.3. The topological polar surface area (TPSA) is 30.2 Å². The number of hydrogen-bond donors (Lipinski definition) is 1. The molecule has 2 aromatic carbocycles. The molecule has 100 valence electrons. The minimum atomic E-state index is -0.111. The zero-order valence-electron chi connectivity index (χ0n) is 10.1. The van der Waals surface area contributed by atoms with Crippen LogP contribution >= 0.6 is 40.2 Å². The first kappa shape index (κ1) is 13.7. The van der Waals surface area contributed by atoms with E-state index in [4.69, 9.17) is 16.0 Å². The maximum atomic E-state index is 12.6. The molecule has 3 rings (SSSR count). The summed E-state index contributed by atoms with van der Waals surface area (Å²) in [5.41, 5.74) is 1.58. The van der Waals surface area contributed by atoms with Gasteiger partial charge >= 0.3 is 0 Å². The van der Waals surface area contributed by atoms with E-state index in [0.29, 0.717) is 26.6 Å². The van der Waals surface area contributed by atoms with Crippen molar-refractivity contribution in [2.75, 3.05) is 0 Å². The molecule has 3 aromatic rings. The lowest BCUT2D eigenvalue weighted by Gasteiger charge is -2.06. The van der Waals surface area contributed by atoms with Gasteiger partial charge in [0.1, 0.15) is 5.58 Å². The van der Waals surface area contributed by atoms with Gasteiger partial charge in [0.2, 0.25) is 5.43 Å². The third-order valence-electron chi connectivity index (χ3n) is 2.97. The van der Waals surface area contributed by atoms with Crippen molar-refractivity contribution in [2.45, 2.75) is 5.09 Å². The Morgan fingerprint density at radius 2 is 1.80 bits per heavy atom. The highest BCUT2D eigenvalue weighted by atomic mass is 79.9. The largest absolute Gasteiger partial charge is 0.449 e. The smallest absolute Gasteiger partial charge is 0.201 e. The summed E-state index contributed by atoms with van der Waals surface area (Å²) in [6.07, 6.45) is 0. The van der Waals surface area contributed by atoms with E-state index >= 15 is 0 Å². The van der Waals surface area contributed by atoms with Crippen LogP contribution in [0.2, 0.25) is 5.02 Å². The second kappa shape index (κ2) is 5.28. The van der Waals surface area contributed by atoms with Crippen LogP contribution in [0, 0.1) is 0 Å². The summed E-state index contributed by atoms with van der Waals surface area (Å²) in [5.74, 6) is 0. The van der Waals surface area contributed by atoms with E-state index in [2.05, 4.69) is 28.6 Å². The molecule has 0 spiro atoms. The van der Waals surface area contributed by atoms with Crippen LogP contribution in [-0.4, -0.2) is 0 Å². The van der Waals surface area contributed by atoms with Crippen LogP contribution in [0.5, 0.6) is 0 Å². The van der Waals surface area contributed by atoms with Crippen molar-refractivity contribution >= 4 is 51.1 Å². The van der Waals surface area contributed by atoms with Crippen molar-refractivity contribution in [3.63, 3.8) is 0 Å². The van der Waals surface area contributed by atoms with Gasteiger partial charge in [0.05, 0.1) is 10.9 Å². The van der Waals surface area contributed by atoms with Crippen molar-refractivity contribution in [1.29, 1.82) is 0 Å². The standard InChI is InChI=1S/C15H8BrClO2S/c16-9-3-6-12-11(7-9)14(18)13(15(20)19-12)8-1-4-10(17)5-2-8/h1-7,20H. The van der Waals surface area contributed by atoms with Gasteiger partial charge in [0, 0.05) is 9.50 Å². The maximum Gasteiger partial charge on any atom is 0.201 e. The quantitative estimate of drug-likeness (QED) is 0.602. The van der Waals surface area contributed by atoms with Gasteiger partial charge in [0.25, 0.3) is 0 Å². The Morgan fingerprint density at radius 1 is 1.10 bits per heavy atom. The summed E-state index contributed by atoms with van der Waals surface area (Å²) >= 11 is 13.5. The molecule has 0 fully saturated rings. The Hall–Kier alpha value is -1.23. The molecule has 0 saturated heterocycles. The fraction of sp³-hybridized carbons (Fsp3) is 0. The Morgan fingerprint density at radius 3 is 2.50 bits per heavy atom. The maximum absolute atomic E-state index is 12.6. The average molecular weight is 368 g/mol. The predicted molar refractivity (Wildman–Crippen MR) is 87.9 cm³/mol. The third kappa shape index (κ3) is 2.39. The second-order valence-corrected chi connectivity index (χ2v) is 6.02. The molecule has 0 radical (unpaired) electrons. The van der Waals surface area contributed by atoms with E-state index in [0.717, 1.165) is 10.0 Å². The van der Waals surface area contributed by atoms with E-state index < -0.39 is 0 Å². The summed E-state index contributed by atoms with van der Waals surface area (Å²) in [6.45, 7) is 0. The first-order chi connectivity index (χ1) is 9.56. The molecule has 5 heteroatoms. The van der Waals surface area contributed by atoms with Crippen molar-refractivity contribution in [3.8, 4) is 11.1 Å². The van der Waals surface area contributed by atoms with E-state index in [1.165, 1.54) is 0 Å². The van der Waals surface area contributed by atoms with Gasteiger partial charge in [-0.25, -0.2) is 0 Å². The molecule has 0 amide bonds. The molecule has 20 heavy (non-hydrogen) atoms. The molecule has 2 nitrogen and oxygen atoms in total. The fourth-order valence-corrected chi connectivity index (χ4v) is 2.84. The van der Waals surface area contributed by atoms with Crippen LogP contribution < -0.4 is 5.43 Å². The van der Waals surface area contributed by atoms with Crippen LogP contribution in [-0.2, 0) is 0 Å². The summed E-state index contributed by atoms with van der Waals surface area (Å²) in [5, 5.41) is 1.43. The highest BCUT2D eigenvalue weighted by molar-refractivity contribution is 9.10. The van der Waals surface area contributed by atoms with Gasteiger partial charge in [0.15, 0.2) is 5.09 Å². The Balaban J connectivity index is 2.36. The Labute approximate surface area is 133 Å². The van der Waals surface area contributed by atoms with Gasteiger partial charge in [-0.2, -0.15) is 0 Å². The van der Waals surface area contributed by atoms with E-state index in [1.54, 1.807) is 36.4 Å². The van der Waals surface area contributed by atoms with E-state index in [-0.39, 0.29) is 5.43 Å². The molecule has 0 bridgehead atoms. The summed E-state index contributed by atoms with van der Waals surface area (Å²) < 4.78 is 6.45. The number of hydrogen-bond acceptors (Lipinski definition) is 3. The second-order valence-electron chi connectivity index (χ2n) is 4.26. The lowest BCUT2D eigenvalue weighted by molar-refractivity contribution is 0.505. The lowest BCUT2D eigenvalue weighted by Crippen LogP contribution is -2.06. The van der Waals surface area contributed by atoms with Gasteiger partial charge in [-0.05, 0) is 35.9 Å². The van der Waals surface area contributed by atoms with Crippen molar-refractivity contribution in [1.82, 2.24) is 0 Å². The molecular formula is C15H8BrClO2S. The summed E-state index contributed by atoms with van der Waals surface area (Å²) in [4.78, 5) is 12.6. The molecule has 0 atom stereocenters. The first-order valence-electron chi connectivity index (χ1n) is 5.77. The first-order valence-corrected chi connectivity index (χ1v) is 7.39. The van der Waals surface area contributed by atoms with Crippen LogP contribution in [0.3, 0.4) is 0 Å². The van der Waals surface area contributed by atoms with Crippen LogP contribution in [0.25, 0.3) is 22.1 Å². The number of rotatable bonds is 1. The van der Waals surface area contributed by atoms with Crippen molar-refractivity contribution in [2.24, 2.45) is 0 Å². The number of fused-ring (bicyclic) bond motifs is 1. The molecule has 0 aliphatic rings. The average Bonchev–Trinajstić information content (AvgIpc) is 2.42. The van der Waals surface area contributed by atoms with Crippen molar-refractivity contribution < 1.29 is 4.42 Å². The highest BCUT2D eigenvalue weighted by Crippen LogP contribution is 2.28. The van der Waals surface area contributed by atoms with Crippen LogP contribution in [0.4, 0.5) is 0 Å². The van der Waals surface area contributed by atoms with Gasteiger partial charge < -0.3 is 4.42 Å². The van der Waals surface area contributed by atoms with Gasteiger partial charge in [-0.3, -0.25) is 4.79 Å². The van der Waals surface area contributed by atoms with Crippen LogP contribution in [0.1, 0.15) is 0 Å². The molecule has 1 aromatic heterocycles. The van der Waals surface area contributed by atoms with Gasteiger partial charge in [-0.15, -0.1) is 12.6 Å². The minimum Gasteiger partial charge on any atom is -0.449 e. The van der Waals surface area contributed by atoms with Crippen molar-refractivity contribution in [3.05, 3.63) is 62.2 Å². The lowest BCUT2D eigenvalue weighted by atomic mass is 10.1. The molecule has 0 unspecified atom stereocenters. The SMILES string of the molecule is O=c1c(-c2ccc(Cl)cc2)c(S)oc2ccc(Br)cc12. The number of benzene rings is 2. The molecule has 0 aliphatic carbocycles. The molecule has 1 heterocycles. The fourth-order valence-electron chi connectivity index (χ4n) is 2.03. The Bertz CT molecular complexity index is 856. The van der Waals surface area contributed by atoms with E-state index in [9.17, 15) is 4.79 Å².